The van der Waals surface area contributed by atoms with Crippen molar-refractivity contribution in [2.24, 2.45) is 0 Å². The van der Waals surface area contributed by atoms with E-state index >= 15 is 0 Å². The van der Waals surface area contributed by atoms with Crippen LogP contribution >= 0.6 is 23.2 Å². The Bertz CT molecular complexity index is 825. The molecule has 1 N–H and O–H groups in total. The predicted molar refractivity (Wildman–Crippen MR) is 99.8 cm³/mol. The zero-order valence-electron chi connectivity index (χ0n) is 13.5. The largest absolute Gasteiger partial charge is 0.352 e. The highest BCUT2D eigenvalue weighted by Crippen LogP contribution is 2.24. The minimum absolute atomic E-state index is 0.113. The Morgan fingerprint density at radius 2 is 1.72 bits per heavy atom. The number of carbonyl (C=O) groups is 1. The summed E-state index contributed by atoms with van der Waals surface area (Å²) in [4.78, 5) is 16.2. The summed E-state index contributed by atoms with van der Waals surface area (Å²) in [5.74, 6) is -0.113. The number of nitrogens with zero attached hydrogens (tertiary/aromatic N) is 2. The van der Waals surface area contributed by atoms with Crippen molar-refractivity contribution in [1.29, 1.82) is 0 Å². The molecular weight excluding hydrogens is 357 g/mol. The van der Waals surface area contributed by atoms with E-state index < -0.39 is 0 Å². The molecule has 0 unspecified atom stereocenters. The highest BCUT2D eigenvalue weighted by atomic mass is 35.5. The highest BCUT2D eigenvalue weighted by molar-refractivity contribution is 6.36. The maximum atomic E-state index is 12.1. The van der Waals surface area contributed by atoms with E-state index in [0.717, 1.165) is 12.1 Å². The van der Waals surface area contributed by atoms with E-state index in [1.54, 1.807) is 30.7 Å². The fourth-order valence-electron chi connectivity index (χ4n) is 2.48. The predicted octanol–water partition coefficient (Wildman–Crippen LogP) is 4.10. The van der Waals surface area contributed by atoms with Crippen molar-refractivity contribution >= 4 is 29.1 Å². The molecule has 3 aromatic rings. The standard InChI is InChI=1S/C19H17Cl2N3O/c20-17-2-1-3-18(21)16(17)10-19(25)23-11-14-4-6-15(7-5-14)12-24-9-8-22-13-24/h1-9,13H,10-12H2,(H,23,25). The molecule has 0 bridgehead atoms. The van der Waals surface area contributed by atoms with Crippen LogP contribution in [0.1, 0.15) is 16.7 Å². The van der Waals surface area contributed by atoms with Crippen LogP contribution in [0.5, 0.6) is 0 Å². The monoisotopic (exact) mass is 373 g/mol. The summed E-state index contributed by atoms with van der Waals surface area (Å²) in [7, 11) is 0. The molecule has 4 nitrogen and oxygen atoms in total. The van der Waals surface area contributed by atoms with Crippen LogP contribution in [-0.4, -0.2) is 15.5 Å². The van der Waals surface area contributed by atoms with Crippen molar-refractivity contribution in [2.45, 2.75) is 19.5 Å². The van der Waals surface area contributed by atoms with E-state index in [4.69, 9.17) is 23.2 Å². The van der Waals surface area contributed by atoms with E-state index in [9.17, 15) is 4.79 Å². The van der Waals surface area contributed by atoms with Gasteiger partial charge in [0.25, 0.3) is 0 Å². The summed E-state index contributed by atoms with van der Waals surface area (Å²) < 4.78 is 2.00. The number of rotatable bonds is 6. The fraction of sp³-hybridized carbons (Fsp3) is 0.158. The second kappa shape index (κ2) is 8.19. The summed E-state index contributed by atoms with van der Waals surface area (Å²) in [6, 6.07) is 13.3. The van der Waals surface area contributed by atoms with Crippen LogP contribution in [0, 0.1) is 0 Å². The van der Waals surface area contributed by atoms with E-state index in [0.29, 0.717) is 22.2 Å². The molecule has 0 aliphatic carbocycles. The van der Waals surface area contributed by atoms with Crippen molar-refractivity contribution in [2.75, 3.05) is 0 Å². The molecule has 0 aliphatic heterocycles. The fourth-order valence-corrected chi connectivity index (χ4v) is 3.01. The first-order valence-electron chi connectivity index (χ1n) is 7.85. The third kappa shape index (κ3) is 4.84. The van der Waals surface area contributed by atoms with Gasteiger partial charge in [-0.15, -0.1) is 0 Å². The second-order valence-corrected chi connectivity index (χ2v) is 6.52. The number of amides is 1. The van der Waals surface area contributed by atoms with Gasteiger partial charge in [-0.1, -0.05) is 53.5 Å². The van der Waals surface area contributed by atoms with Crippen molar-refractivity contribution in [3.8, 4) is 0 Å². The van der Waals surface area contributed by atoms with Gasteiger partial charge in [-0.05, 0) is 28.8 Å². The molecule has 1 aromatic heterocycles. The van der Waals surface area contributed by atoms with Crippen molar-refractivity contribution in [3.05, 3.63) is 87.9 Å². The molecule has 6 heteroatoms. The number of carbonyl (C=O) groups excluding carboxylic acids is 1. The molecule has 1 amide bonds. The molecule has 0 fully saturated rings. The summed E-state index contributed by atoms with van der Waals surface area (Å²) in [5.41, 5.74) is 2.86. The van der Waals surface area contributed by atoms with E-state index in [1.807, 2.05) is 35.0 Å². The van der Waals surface area contributed by atoms with E-state index in [2.05, 4.69) is 10.3 Å². The zero-order valence-corrected chi connectivity index (χ0v) is 15.0. The average Bonchev–Trinajstić information content (AvgIpc) is 3.11. The normalized spacial score (nSPS) is 10.6. The molecule has 3 rings (SSSR count). The van der Waals surface area contributed by atoms with Crippen LogP contribution in [0.3, 0.4) is 0 Å². The van der Waals surface area contributed by atoms with Gasteiger partial charge in [0.1, 0.15) is 0 Å². The number of nitrogens with one attached hydrogen (secondary N) is 1. The van der Waals surface area contributed by atoms with E-state index in [1.165, 1.54) is 5.56 Å². The molecule has 0 saturated carbocycles. The molecule has 0 saturated heterocycles. The van der Waals surface area contributed by atoms with Crippen LogP contribution in [0.25, 0.3) is 0 Å². The Balaban J connectivity index is 1.53. The molecule has 0 spiro atoms. The molecule has 1 heterocycles. The third-order valence-electron chi connectivity index (χ3n) is 3.84. The molecular formula is C19H17Cl2N3O. The van der Waals surface area contributed by atoms with Gasteiger partial charge in [0.2, 0.25) is 5.91 Å². The van der Waals surface area contributed by atoms with Gasteiger partial charge < -0.3 is 9.88 Å². The first-order valence-corrected chi connectivity index (χ1v) is 8.60. The highest BCUT2D eigenvalue weighted by Gasteiger charge is 2.10. The number of benzene rings is 2. The molecule has 128 valence electrons. The van der Waals surface area contributed by atoms with Gasteiger partial charge >= 0.3 is 0 Å². The average molecular weight is 374 g/mol. The van der Waals surface area contributed by atoms with Gasteiger partial charge in [-0.25, -0.2) is 4.98 Å². The topological polar surface area (TPSA) is 46.9 Å². The van der Waals surface area contributed by atoms with Gasteiger partial charge in [0.15, 0.2) is 0 Å². The number of halogens is 2. The second-order valence-electron chi connectivity index (χ2n) is 5.71. The van der Waals surface area contributed by atoms with Crippen molar-refractivity contribution in [3.63, 3.8) is 0 Å². The van der Waals surface area contributed by atoms with Crippen LogP contribution in [0.15, 0.2) is 61.2 Å². The van der Waals surface area contributed by atoms with Crippen LogP contribution in [-0.2, 0) is 24.3 Å². The Kier molecular flexibility index (Phi) is 5.74. The van der Waals surface area contributed by atoms with Crippen LogP contribution in [0.2, 0.25) is 10.0 Å². The smallest absolute Gasteiger partial charge is 0.224 e. The van der Waals surface area contributed by atoms with Gasteiger partial charge in [-0.2, -0.15) is 0 Å². The first-order chi connectivity index (χ1) is 12.1. The van der Waals surface area contributed by atoms with Crippen molar-refractivity contribution < 1.29 is 4.79 Å². The minimum atomic E-state index is -0.113. The Labute approximate surface area is 156 Å². The molecule has 0 radical (unpaired) electrons. The third-order valence-corrected chi connectivity index (χ3v) is 4.54. The Morgan fingerprint density at radius 1 is 1.04 bits per heavy atom. The van der Waals surface area contributed by atoms with Gasteiger partial charge in [0, 0.05) is 35.5 Å². The molecule has 2 aromatic carbocycles. The Hall–Kier alpha value is -2.30. The molecule has 25 heavy (non-hydrogen) atoms. The first kappa shape index (κ1) is 17.5. The van der Waals surface area contributed by atoms with E-state index in [-0.39, 0.29) is 12.3 Å². The number of hydrogen-bond donors (Lipinski definition) is 1. The Morgan fingerprint density at radius 3 is 2.36 bits per heavy atom. The van der Waals surface area contributed by atoms with Gasteiger partial charge in [-0.3, -0.25) is 4.79 Å². The SMILES string of the molecule is O=C(Cc1c(Cl)cccc1Cl)NCc1ccc(Cn2ccnc2)cc1. The van der Waals surface area contributed by atoms with Crippen molar-refractivity contribution in [1.82, 2.24) is 14.9 Å². The summed E-state index contributed by atoms with van der Waals surface area (Å²) in [6.07, 6.45) is 5.63. The lowest BCUT2D eigenvalue weighted by molar-refractivity contribution is -0.120. The number of hydrogen-bond acceptors (Lipinski definition) is 2. The maximum Gasteiger partial charge on any atom is 0.224 e. The summed E-state index contributed by atoms with van der Waals surface area (Å²) in [6.45, 7) is 1.24. The lowest BCUT2D eigenvalue weighted by Crippen LogP contribution is -2.24. The summed E-state index contributed by atoms with van der Waals surface area (Å²) in [5, 5.41) is 3.91. The number of imidazole rings is 1. The molecule has 0 atom stereocenters. The minimum Gasteiger partial charge on any atom is -0.352 e. The summed E-state index contributed by atoms with van der Waals surface area (Å²) >= 11 is 12.2. The molecule has 0 aliphatic rings. The maximum absolute atomic E-state index is 12.1. The van der Waals surface area contributed by atoms with Crippen LogP contribution < -0.4 is 5.32 Å². The quantitative estimate of drug-likeness (QED) is 0.706. The lowest BCUT2D eigenvalue weighted by Gasteiger charge is -2.09. The lowest BCUT2D eigenvalue weighted by atomic mass is 10.1. The zero-order chi connectivity index (χ0) is 17.6. The van der Waals surface area contributed by atoms with Crippen LogP contribution in [0.4, 0.5) is 0 Å². The number of aromatic nitrogens is 2. The van der Waals surface area contributed by atoms with Gasteiger partial charge in [0.05, 0.1) is 12.7 Å².